The number of aliphatic hydroxyl groups is 1. The molecular formula is C9H18F2N2O2. The molecule has 0 heterocycles. The number of nitrogens with one attached hydrogen (secondary N) is 1. The van der Waals surface area contributed by atoms with Crippen LogP contribution in [0.15, 0.2) is 0 Å². The predicted molar refractivity (Wildman–Crippen MR) is 52.5 cm³/mol. The van der Waals surface area contributed by atoms with Crippen LogP contribution in [0.1, 0.15) is 26.2 Å². The second-order valence-corrected chi connectivity index (χ2v) is 3.58. The van der Waals surface area contributed by atoms with Gasteiger partial charge in [0.25, 0.3) is 6.43 Å². The summed E-state index contributed by atoms with van der Waals surface area (Å²) in [5.41, 5.74) is 5.47. The zero-order valence-corrected chi connectivity index (χ0v) is 8.75. The Bertz CT molecular complexity index is 189. The van der Waals surface area contributed by atoms with Crippen molar-refractivity contribution >= 4 is 5.91 Å². The maximum atomic E-state index is 11.8. The van der Waals surface area contributed by atoms with Gasteiger partial charge in [-0.2, -0.15) is 0 Å². The maximum absolute atomic E-state index is 11.8. The van der Waals surface area contributed by atoms with Gasteiger partial charge in [-0.25, -0.2) is 8.78 Å². The number of alkyl halides is 2. The van der Waals surface area contributed by atoms with Gasteiger partial charge in [0.1, 0.15) is 6.10 Å². The van der Waals surface area contributed by atoms with Gasteiger partial charge in [-0.3, -0.25) is 4.79 Å². The topological polar surface area (TPSA) is 75.4 Å². The van der Waals surface area contributed by atoms with Gasteiger partial charge in [-0.15, -0.1) is 0 Å². The molecule has 0 radical (unpaired) electrons. The molecule has 0 bridgehead atoms. The molecule has 4 nitrogen and oxygen atoms in total. The van der Waals surface area contributed by atoms with E-state index < -0.39 is 19.1 Å². The van der Waals surface area contributed by atoms with Crippen LogP contribution in [0.5, 0.6) is 0 Å². The van der Waals surface area contributed by atoms with Crippen LogP contribution in [-0.4, -0.2) is 36.1 Å². The lowest BCUT2D eigenvalue weighted by molar-refractivity contribution is -0.122. The lowest BCUT2D eigenvalue weighted by Gasteiger charge is -2.10. The Labute approximate surface area is 87.8 Å². The van der Waals surface area contributed by atoms with Crippen molar-refractivity contribution in [2.45, 2.75) is 44.8 Å². The Morgan fingerprint density at radius 3 is 2.60 bits per heavy atom. The number of carbonyl (C=O) groups excluding carboxylic acids is 1. The monoisotopic (exact) mass is 224 g/mol. The van der Waals surface area contributed by atoms with Crippen molar-refractivity contribution in [2.75, 3.05) is 6.54 Å². The molecule has 6 heteroatoms. The van der Waals surface area contributed by atoms with E-state index in [-0.39, 0.29) is 18.4 Å². The summed E-state index contributed by atoms with van der Waals surface area (Å²) in [4.78, 5) is 11.0. The van der Waals surface area contributed by atoms with E-state index in [9.17, 15) is 13.6 Å². The van der Waals surface area contributed by atoms with E-state index >= 15 is 0 Å². The van der Waals surface area contributed by atoms with Gasteiger partial charge in [0.05, 0.1) is 0 Å². The Morgan fingerprint density at radius 1 is 1.53 bits per heavy atom. The average Bonchev–Trinajstić information content (AvgIpc) is 2.13. The highest BCUT2D eigenvalue weighted by Crippen LogP contribution is 2.00. The largest absolute Gasteiger partial charge is 0.385 e. The smallest absolute Gasteiger partial charge is 0.265 e. The molecule has 0 aliphatic carbocycles. The number of hydrogen-bond donors (Lipinski definition) is 3. The highest BCUT2D eigenvalue weighted by molar-refractivity contribution is 5.75. The second-order valence-electron chi connectivity index (χ2n) is 3.58. The molecule has 0 aliphatic heterocycles. The Morgan fingerprint density at radius 2 is 2.13 bits per heavy atom. The number of amides is 1. The van der Waals surface area contributed by atoms with Crippen molar-refractivity contribution in [3.05, 3.63) is 0 Å². The molecule has 0 aromatic heterocycles. The van der Waals surface area contributed by atoms with Gasteiger partial charge in [-0.05, 0) is 19.8 Å². The summed E-state index contributed by atoms with van der Waals surface area (Å²) in [5.74, 6) is -0.338. The highest BCUT2D eigenvalue weighted by atomic mass is 19.3. The van der Waals surface area contributed by atoms with Gasteiger partial charge in [0.15, 0.2) is 0 Å². The first-order valence-electron chi connectivity index (χ1n) is 4.92. The Balaban J connectivity index is 3.49. The molecule has 0 saturated carbocycles. The average molecular weight is 224 g/mol. The summed E-state index contributed by atoms with van der Waals surface area (Å²) in [7, 11) is 0. The molecular weight excluding hydrogens is 206 g/mol. The minimum atomic E-state index is -2.82. The molecule has 2 unspecified atom stereocenters. The van der Waals surface area contributed by atoms with Crippen LogP contribution in [0.3, 0.4) is 0 Å². The molecule has 2 atom stereocenters. The third-order valence-corrected chi connectivity index (χ3v) is 1.86. The van der Waals surface area contributed by atoms with E-state index in [4.69, 9.17) is 10.8 Å². The van der Waals surface area contributed by atoms with E-state index in [1.165, 1.54) is 0 Å². The van der Waals surface area contributed by atoms with Crippen molar-refractivity contribution in [3.63, 3.8) is 0 Å². The summed E-state index contributed by atoms with van der Waals surface area (Å²) in [5, 5.41) is 10.9. The highest BCUT2D eigenvalue weighted by Gasteiger charge is 2.17. The Kier molecular flexibility index (Phi) is 7.15. The summed E-state index contributed by atoms with van der Waals surface area (Å²) < 4.78 is 23.6. The van der Waals surface area contributed by atoms with Crippen LogP contribution in [0.25, 0.3) is 0 Å². The number of carbonyl (C=O) groups is 1. The first-order chi connectivity index (χ1) is 6.93. The molecule has 4 N–H and O–H groups in total. The van der Waals surface area contributed by atoms with Gasteiger partial charge < -0.3 is 16.2 Å². The van der Waals surface area contributed by atoms with E-state index in [2.05, 4.69) is 5.32 Å². The molecule has 1 amide bonds. The quantitative estimate of drug-likeness (QED) is 0.580. The summed E-state index contributed by atoms with van der Waals surface area (Å²) in [6.45, 7) is 1.42. The molecule has 90 valence electrons. The van der Waals surface area contributed by atoms with Crippen molar-refractivity contribution in [1.29, 1.82) is 0 Å². The molecule has 0 saturated heterocycles. The van der Waals surface area contributed by atoms with Gasteiger partial charge >= 0.3 is 0 Å². The normalized spacial score (nSPS) is 15.1. The first-order valence-corrected chi connectivity index (χ1v) is 4.92. The van der Waals surface area contributed by atoms with Gasteiger partial charge in [0, 0.05) is 19.0 Å². The predicted octanol–water partition coefficient (Wildman–Crippen LogP) is 0.246. The molecule has 0 aromatic carbocycles. The maximum Gasteiger partial charge on any atom is 0.265 e. The number of rotatable bonds is 7. The van der Waals surface area contributed by atoms with E-state index in [1.807, 2.05) is 6.92 Å². The van der Waals surface area contributed by atoms with E-state index in [1.54, 1.807) is 0 Å². The van der Waals surface area contributed by atoms with Crippen molar-refractivity contribution in [3.8, 4) is 0 Å². The fourth-order valence-electron chi connectivity index (χ4n) is 0.980. The number of halogens is 2. The zero-order chi connectivity index (χ0) is 11.8. The minimum Gasteiger partial charge on any atom is -0.385 e. The number of aliphatic hydroxyl groups excluding tert-OH is 1. The van der Waals surface area contributed by atoms with Crippen LogP contribution in [0.4, 0.5) is 8.78 Å². The van der Waals surface area contributed by atoms with Crippen LogP contribution in [0.2, 0.25) is 0 Å². The third kappa shape index (κ3) is 8.26. The summed E-state index contributed by atoms with van der Waals surface area (Å²) in [6, 6.07) is 0.0319. The van der Waals surface area contributed by atoms with Crippen LogP contribution < -0.4 is 11.1 Å². The molecule has 0 rings (SSSR count). The fraction of sp³-hybridized carbons (Fsp3) is 0.889. The van der Waals surface area contributed by atoms with E-state index in [0.717, 1.165) is 0 Å². The van der Waals surface area contributed by atoms with Crippen LogP contribution in [0, 0.1) is 0 Å². The molecule has 15 heavy (non-hydrogen) atoms. The van der Waals surface area contributed by atoms with E-state index in [0.29, 0.717) is 12.8 Å². The second kappa shape index (κ2) is 7.53. The summed E-state index contributed by atoms with van der Waals surface area (Å²) >= 11 is 0. The van der Waals surface area contributed by atoms with Crippen molar-refractivity contribution in [2.24, 2.45) is 5.73 Å². The minimum absolute atomic E-state index is 0.0319. The van der Waals surface area contributed by atoms with Crippen LogP contribution in [-0.2, 0) is 4.79 Å². The SMILES string of the molecule is CC(N)CCCC(=O)NCC(O)C(F)F. The first kappa shape index (κ1) is 14.2. The molecule has 0 aromatic rings. The molecule has 0 aliphatic rings. The molecule has 0 fully saturated rings. The molecule has 0 spiro atoms. The summed E-state index contributed by atoms with van der Waals surface area (Å²) in [6.07, 6.45) is -3.03. The van der Waals surface area contributed by atoms with Crippen LogP contribution >= 0.6 is 0 Å². The van der Waals surface area contributed by atoms with Gasteiger partial charge in [0.2, 0.25) is 5.91 Å². The number of hydrogen-bond acceptors (Lipinski definition) is 3. The number of nitrogens with two attached hydrogens (primary N) is 1. The van der Waals surface area contributed by atoms with Gasteiger partial charge in [-0.1, -0.05) is 0 Å². The fourth-order valence-corrected chi connectivity index (χ4v) is 0.980. The standard InChI is InChI=1S/C9H18F2N2O2/c1-6(12)3-2-4-8(15)13-5-7(14)9(10)11/h6-7,9,14H,2-5,12H2,1H3,(H,13,15). The van der Waals surface area contributed by atoms with Crippen molar-refractivity contribution in [1.82, 2.24) is 5.32 Å². The third-order valence-electron chi connectivity index (χ3n) is 1.86. The Hall–Kier alpha value is -0.750. The lowest BCUT2D eigenvalue weighted by atomic mass is 10.1. The lowest BCUT2D eigenvalue weighted by Crippen LogP contribution is -2.35. The zero-order valence-electron chi connectivity index (χ0n) is 8.75. The van der Waals surface area contributed by atoms with Crippen molar-refractivity contribution < 1.29 is 18.7 Å².